The van der Waals surface area contributed by atoms with Gasteiger partial charge < -0.3 is 5.11 Å². The summed E-state index contributed by atoms with van der Waals surface area (Å²) >= 11 is 0. The SMILES string of the molecule is C=C1C[C@@H]2CC23C2=C(CC[C@]13C)c1ccc(O)cc1CC2. The lowest BCUT2D eigenvalue weighted by Crippen LogP contribution is -2.34. The summed E-state index contributed by atoms with van der Waals surface area (Å²) in [7, 11) is 0. The van der Waals surface area contributed by atoms with Crippen molar-refractivity contribution in [1.82, 2.24) is 0 Å². The molecule has 108 valence electrons. The van der Waals surface area contributed by atoms with Crippen molar-refractivity contribution in [3.8, 4) is 5.75 Å². The van der Waals surface area contributed by atoms with Gasteiger partial charge in [0.15, 0.2) is 0 Å². The van der Waals surface area contributed by atoms with Gasteiger partial charge in [-0.15, -0.1) is 0 Å². The predicted molar refractivity (Wildman–Crippen MR) is 85.0 cm³/mol. The highest BCUT2D eigenvalue weighted by Gasteiger charge is 2.72. The topological polar surface area (TPSA) is 20.2 Å². The summed E-state index contributed by atoms with van der Waals surface area (Å²) in [6.07, 6.45) is 7.41. The van der Waals surface area contributed by atoms with Crippen molar-refractivity contribution in [2.24, 2.45) is 16.7 Å². The Kier molecular flexibility index (Phi) is 1.99. The number of hydrogen-bond acceptors (Lipinski definition) is 1. The molecule has 3 atom stereocenters. The third kappa shape index (κ3) is 1.21. The summed E-state index contributed by atoms with van der Waals surface area (Å²) in [6, 6.07) is 5.99. The molecule has 1 heteroatoms. The normalized spacial score (nSPS) is 39.5. The van der Waals surface area contributed by atoms with Crippen LogP contribution in [0.4, 0.5) is 0 Å². The number of rotatable bonds is 0. The van der Waals surface area contributed by atoms with Gasteiger partial charge in [0, 0.05) is 5.41 Å². The zero-order valence-electron chi connectivity index (χ0n) is 12.7. The molecule has 0 radical (unpaired) electrons. The molecule has 1 N–H and O–H groups in total. The molecule has 0 heterocycles. The second-order valence-corrected chi connectivity index (χ2v) is 7.81. The van der Waals surface area contributed by atoms with E-state index in [2.05, 4.69) is 19.6 Å². The molecule has 21 heavy (non-hydrogen) atoms. The minimum atomic E-state index is 0.366. The average molecular weight is 278 g/mol. The van der Waals surface area contributed by atoms with Crippen LogP contribution < -0.4 is 0 Å². The van der Waals surface area contributed by atoms with Crippen LogP contribution in [0.15, 0.2) is 35.9 Å². The molecule has 0 saturated heterocycles. The summed E-state index contributed by atoms with van der Waals surface area (Å²) in [5.74, 6) is 1.29. The van der Waals surface area contributed by atoms with Crippen LogP contribution in [0.2, 0.25) is 0 Å². The second kappa shape index (κ2) is 3.45. The van der Waals surface area contributed by atoms with Gasteiger partial charge in [-0.25, -0.2) is 0 Å². The van der Waals surface area contributed by atoms with E-state index in [0.29, 0.717) is 16.6 Å². The minimum absolute atomic E-state index is 0.366. The zero-order chi connectivity index (χ0) is 14.4. The number of hydrogen-bond donors (Lipinski definition) is 1. The van der Waals surface area contributed by atoms with Crippen molar-refractivity contribution in [1.29, 1.82) is 0 Å². The second-order valence-electron chi connectivity index (χ2n) is 7.81. The molecule has 2 saturated carbocycles. The number of aryl methyl sites for hydroxylation is 1. The van der Waals surface area contributed by atoms with Crippen LogP contribution in [0.5, 0.6) is 5.75 Å². The van der Waals surface area contributed by atoms with E-state index in [-0.39, 0.29) is 0 Å². The fraction of sp³-hybridized carbons (Fsp3) is 0.500. The van der Waals surface area contributed by atoms with Crippen LogP contribution in [-0.2, 0) is 6.42 Å². The molecular formula is C20H22O. The molecule has 1 unspecified atom stereocenters. The van der Waals surface area contributed by atoms with Crippen molar-refractivity contribution in [2.45, 2.75) is 45.4 Å². The fourth-order valence-corrected chi connectivity index (χ4v) is 6.00. The highest BCUT2D eigenvalue weighted by molar-refractivity contribution is 5.77. The van der Waals surface area contributed by atoms with Crippen LogP contribution in [-0.4, -0.2) is 5.11 Å². The third-order valence-electron chi connectivity index (χ3n) is 7.20. The van der Waals surface area contributed by atoms with Gasteiger partial charge >= 0.3 is 0 Å². The van der Waals surface area contributed by atoms with Crippen molar-refractivity contribution in [2.75, 3.05) is 0 Å². The number of fused-ring (bicyclic) bond motifs is 2. The molecule has 1 spiro atoms. The Morgan fingerprint density at radius 3 is 2.95 bits per heavy atom. The monoisotopic (exact) mass is 278 g/mol. The number of phenolic OH excluding ortho intramolecular Hbond substituents is 1. The van der Waals surface area contributed by atoms with Gasteiger partial charge in [-0.05, 0) is 78.7 Å². The lowest BCUT2D eigenvalue weighted by atomic mass is 9.58. The van der Waals surface area contributed by atoms with Crippen LogP contribution in [0.25, 0.3) is 5.57 Å². The molecule has 1 nitrogen and oxygen atoms in total. The Labute approximate surface area is 126 Å². The van der Waals surface area contributed by atoms with E-state index in [1.54, 1.807) is 11.1 Å². The smallest absolute Gasteiger partial charge is 0.115 e. The zero-order valence-corrected chi connectivity index (χ0v) is 12.7. The van der Waals surface area contributed by atoms with E-state index in [1.165, 1.54) is 48.8 Å². The Hall–Kier alpha value is -1.50. The van der Waals surface area contributed by atoms with Crippen LogP contribution in [0, 0.1) is 16.7 Å². The van der Waals surface area contributed by atoms with Crippen molar-refractivity contribution < 1.29 is 5.11 Å². The van der Waals surface area contributed by atoms with E-state index in [0.717, 1.165) is 12.3 Å². The predicted octanol–water partition coefficient (Wildman–Crippen LogP) is 4.86. The Balaban J connectivity index is 1.72. The maximum absolute atomic E-state index is 9.74. The van der Waals surface area contributed by atoms with E-state index < -0.39 is 0 Å². The fourth-order valence-electron chi connectivity index (χ4n) is 6.00. The van der Waals surface area contributed by atoms with Crippen LogP contribution in [0.1, 0.15) is 50.2 Å². The summed E-state index contributed by atoms with van der Waals surface area (Å²) in [5.41, 5.74) is 8.50. The molecule has 2 fully saturated rings. The van der Waals surface area contributed by atoms with Gasteiger partial charge in [-0.3, -0.25) is 0 Å². The van der Waals surface area contributed by atoms with Gasteiger partial charge in [0.05, 0.1) is 0 Å². The maximum atomic E-state index is 9.74. The van der Waals surface area contributed by atoms with Gasteiger partial charge in [0.1, 0.15) is 5.75 Å². The Bertz CT molecular complexity index is 725. The van der Waals surface area contributed by atoms with Crippen molar-refractivity contribution >= 4 is 5.57 Å². The molecule has 0 aliphatic heterocycles. The van der Waals surface area contributed by atoms with Gasteiger partial charge in [0.25, 0.3) is 0 Å². The molecule has 4 aliphatic rings. The first kappa shape index (κ1) is 12.1. The molecular weight excluding hydrogens is 256 g/mol. The standard InChI is InChI=1S/C20H22O/c1-12-9-14-11-20(14)18-6-3-13-10-15(21)4-5-16(13)17(18)7-8-19(12,20)2/h4-5,10,14,21H,1,3,6-9,11H2,2H3/t14-,19-,20?/m1/s1. The lowest BCUT2D eigenvalue weighted by Gasteiger charge is -2.45. The van der Waals surface area contributed by atoms with Crippen LogP contribution in [0.3, 0.4) is 0 Å². The highest BCUT2D eigenvalue weighted by Crippen LogP contribution is 2.81. The lowest BCUT2D eigenvalue weighted by molar-refractivity contribution is 0.231. The Morgan fingerprint density at radius 1 is 1.24 bits per heavy atom. The minimum Gasteiger partial charge on any atom is -0.508 e. The first-order valence-corrected chi connectivity index (χ1v) is 8.29. The maximum Gasteiger partial charge on any atom is 0.115 e. The van der Waals surface area contributed by atoms with Gasteiger partial charge in [-0.2, -0.15) is 0 Å². The average Bonchev–Trinajstić information content (AvgIpc) is 3.12. The summed E-state index contributed by atoms with van der Waals surface area (Å²) in [4.78, 5) is 0. The molecule has 0 amide bonds. The van der Waals surface area contributed by atoms with Crippen molar-refractivity contribution in [3.05, 3.63) is 47.1 Å². The van der Waals surface area contributed by atoms with E-state index in [9.17, 15) is 5.11 Å². The Morgan fingerprint density at radius 2 is 2.10 bits per heavy atom. The summed E-state index contributed by atoms with van der Waals surface area (Å²) < 4.78 is 0. The van der Waals surface area contributed by atoms with Crippen molar-refractivity contribution in [3.63, 3.8) is 0 Å². The molecule has 0 bridgehead atoms. The number of allylic oxidation sites excluding steroid dienone is 3. The number of aromatic hydroxyl groups is 1. The number of benzene rings is 1. The first-order valence-electron chi connectivity index (χ1n) is 8.29. The number of phenols is 1. The highest BCUT2D eigenvalue weighted by atomic mass is 16.3. The molecule has 4 aliphatic carbocycles. The van der Waals surface area contributed by atoms with E-state index in [1.807, 2.05) is 12.1 Å². The molecule has 1 aromatic rings. The van der Waals surface area contributed by atoms with E-state index in [4.69, 9.17) is 0 Å². The molecule has 5 rings (SSSR count). The summed E-state index contributed by atoms with van der Waals surface area (Å²) in [5, 5.41) is 9.74. The largest absolute Gasteiger partial charge is 0.508 e. The van der Waals surface area contributed by atoms with Gasteiger partial charge in [-0.1, -0.05) is 30.7 Å². The van der Waals surface area contributed by atoms with Gasteiger partial charge in [0.2, 0.25) is 0 Å². The first-order chi connectivity index (χ1) is 10.1. The van der Waals surface area contributed by atoms with Crippen LogP contribution >= 0.6 is 0 Å². The quantitative estimate of drug-likeness (QED) is 0.672. The summed E-state index contributed by atoms with van der Waals surface area (Å²) in [6.45, 7) is 6.91. The molecule has 0 aromatic heterocycles. The third-order valence-corrected chi connectivity index (χ3v) is 7.20. The van der Waals surface area contributed by atoms with E-state index >= 15 is 0 Å². The molecule has 1 aromatic carbocycles.